The highest BCUT2D eigenvalue weighted by Gasteiger charge is 2.11. The first kappa shape index (κ1) is 13.2. The molecule has 0 unspecified atom stereocenters. The van der Waals surface area contributed by atoms with Gasteiger partial charge in [-0.05, 0) is 12.3 Å². The Morgan fingerprint density at radius 2 is 1.93 bits per heavy atom. The fourth-order valence-electron chi connectivity index (χ4n) is 0.788. The minimum absolute atomic E-state index is 0.367. The molecular weight excluding hydrogens is 186 g/mol. The van der Waals surface area contributed by atoms with Crippen LogP contribution in [0.5, 0.6) is 0 Å². The normalized spacial score (nSPS) is 10.7. The molecule has 0 atom stereocenters. The van der Waals surface area contributed by atoms with E-state index < -0.39 is 12.2 Å². The molecule has 0 aromatic heterocycles. The molecule has 5 heteroatoms. The van der Waals surface area contributed by atoms with Crippen molar-refractivity contribution in [2.75, 3.05) is 19.8 Å². The molecule has 5 nitrogen and oxygen atoms in total. The van der Waals surface area contributed by atoms with Gasteiger partial charge in [-0.15, -0.1) is 0 Å². The number of carbonyl (C=O) groups is 1. The van der Waals surface area contributed by atoms with Crippen molar-refractivity contribution in [2.24, 2.45) is 5.92 Å². The van der Waals surface area contributed by atoms with Gasteiger partial charge in [0, 0.05) is 6.54 Å². The average Bonchev–Trinajstić information content (AvgIpc) is 2.13. The highest BCUT2D eigenvalue weighted by atomic mass is 16.6. The van der Waals surface area contributed by atoms with E-state index in [0.29, 0.717) is 12.5 Å². The number of hydrogen-bond donors (Lipinski definition) is 3. The van der Waals surface area contributed by atoms with Crippen molar-refractivity contribution in [3.05, 3.63) is 0 Å². The summed E-state index contributed by atoms with van der Waals surface area (Å²) < 4.78 is 4.68. The Morgan fingerprint density at radius 3 is 2.36 bits per heavy atom. The number of amides is 1. The summed E-state index contributed by atoms with van der Waals surface area (Å²) in [6, 6.07) is 0. The second-order valence-corrected chi connectivity index (χ2v) is 3.50. The molecule has 0 saturated carbocycles. The van der Waals surface area contributed by atoms with Crippen molar-refractivity contribution < 1.29 is 19.7 Å². The van der Waals surface area contributed by atoms with Gasteiger partial charge in [0.05, 0.1) is 13.2 Å². The highest BCUT2D eigenvalue weighted by molar-refractivity contribution is 5.67. The van der Waals surface area contributed by atoms with Crippen molar-refractivity contribution in [2.45, 2.75) is 26.4 Å². The second kappa shape index (κ2) is 7.58. The lowest BCUT2D eigenvalue weighted by molar-refractivity contribution is 0.0222. The molecule has 0 aromatic carbocycles. The number of hydrogen-bond acceptors (Lipinski definition) is 4. The monoisotopic (exact) mass is 205 g/mol. The third-order valence-corrected chi connectivity index (χ3v) is 1.67. The zero-order valence-corrected chi connectivity index (χ0v) is 8.69. The molecule has 0 radical (unpaired) electrons. The smallest absolute Gasteiger partial charge is 0.407 e. The van der Waals surface area contributed by atoms with Crippen LogP contribution in [-0.4, -0.2) is 42.2 Å². The van der Waals surface area contributed by atoms with E-state index in [9.17, 15) is 4.79 Å². The van der Waals surface area contributed by atoms with Crippen LogP contribution in [0.4, 0.5) is 4.79 Å². The first-order valence-electron chi connectivity index (χ1n) is 4.76. The van der Waals surface area contributed by atoms with Gasteiger partial charge in [0.15, 0.2) is 0 Å². The maximum Gasteiger partial charge on any atom is 0.407 e. The molecule has 0 fully saturated rings. The van der Waals surface area contributed by atoms with E-state index >= 15 is 0 Å². The van der Waals surface area contributed by atoms with E-state index in [-0.39, 0.29) is 13.2 Å². The molecule has 0 bridgehead atoms. The van der Waals surface area contributed by atoms with E-state index in [1.165, 1.54) is 0 Å². The standard InChI is InChI=1S/C9H19NO4/c1-7(2)3-4-10-9(13)14-8(5-11)6-12/h7-8,11-12H,3-6H2,1-2H3,(H,10,13). The Bertz CT molecular complexity index is 157. The molecule has 0 rings (SSSR count). The summed E-state index contributed by atoms with van der Waals surface area (Å²) in [5, 5.41) is 19.8. The lowest BCUT2D eigenvalue weighted by Crippen LogP contribution is -2.33. The van der Waals surface area contributed by atoms with Gasteiger partial charge >= 0.3 is 6.09 Å². The molecule has 0 spiro atoms. The Morgan fingerprint density at radius 1 is 1.36 bits per heavy atom. The summed E-state index contributed by atoms with van der Waals surface area (Å²) in [6.07, 6.45) is -0.550. The van der Waals surface area contributed by atoms with Gasteiger partial charge in [0.1, 0.15) is 6.10 Å². The molecular formula is C9H19NO4. The zero-order valence-electron chi connectivity index (χ0n) is 8.69. The van der Waals surface area contributed by atoms with Crippen LogP contribution in [0.1, 0.15) is 20.3 Å². The van der Waals surface area contributed by atoms with Gasteiger partial charge in [-0.3, -0.25) is 0 Å². The first-order valence-corrected chi connectivity index (χ1v) is 4.76. The Kier molecular flexibility index (Phi) is 7.14. The van der Waals surface area contributed by atoms with Crippen LogP contribution in [0.2, 0.25) is 0 Å². The van der Waals surface area contributed by atoms with E-state index in [4.69, 9.17) is 10.2 Å². The fraction of sp³-hybridized carbons (Fsp3) is 0.889. The minimum atomic E-state index is -0.825. The van der Waals surface area contributed by atoms with Crippen LogP contribution in [0, 0.1) is 5.92 Å². The highest BCUT2D eigenvalue weighted by Crippen LogP contribution is 1.97. The van der Waals surface area contributed by atoms with E-state index in [2.05, 4.69) is 23.9 Å². The molecule has 0 aliphatic rings. The Labute approximate surface area is 84.1 Å². The molecule has 0 heterocycles. The van der Waals surface area contributed by atoms with Crippen molar-refractivity contribution in [1.82, 2.24) is 5.32 Å². The molecule has 0 saturated heterocycles. The van der Waals surface area contributed by atoms with Crippen LogP contribution < -0.4 is 5.32 Å². The number of aliphatic hydroxyl groups is 2. The molecule has 14 heavy (non-hydrogen) atoms. The molecule has 0 aliphatic carbocycles. The molecule has 3 N–H and O–H groups in total. The molecule has 0 aromatic rings. The Balaban J connectivity index is 3.54. The Hall–Kier alpha value is -0.810. The largest absolute Gasteiger partial charge is 0.441 e. The average molecular weight is 205 g/mol. The minimum Gasteiger partial charge on any atom is -0.441 e. The van der Waals surface area contributed by atoms with Crippen LogP contribution in [0.15, 0.2) is 0 Å². The summed E-state index contributed by atoms with van der Waals surface area (Å²) in [4.78, 5) is 11.0. The van der Waals surface area contributed by atoms with Crippen molar-refractivity contribution in [3.8, 4) is 0 Å². The number of carbonyl (C=O) groups excluding carboxylic acids is 1. The second-order valence-electron chi connectivity index (χ2n) is 3.50. The van der Waals surface area contributed by atoms with Crippen molar-refractivity contribution in [3.63, 3.8) is 0 Å². The lowest BCUT2D eigenvalue weighted by Gasteiger charge is -2.13. The summed E-state index contributed by atoms with van der Waals surface area (Å²) in [5.41, 5.74) is 0. The topological polar surface area (TPSA) is 78.8 Å². The van der Waals surface area contributed by atoms with E-state index in [1.807, 2.05) is 0 Å². The van der Waals surface area contributed by atoms with Crippen molar-refractivity contribution in [1.29, 1.82) is 0 Å². The van der Waals surface area contributed by atoms with Gasteiger partial charge in [0.2, 0.25) is 0 Å². The summed E-state index contributed by atoms with van der Waals surface area (Å²) >= 11 is 0. The lowest BCUT2D eigenvalue weighted by atomic mass is 10.1. The molecule has 1 amide bonds. The third kappa shape index (κ3) is 6.68. The van der Waals surface area contributed by atoms with Gasteiger partial charge in [-0.1, -0.05) is 13.8 Å². The van der Waals surface area contributed by atoms with E-state index in [0.717, 1.165) is 6.42 Å². The first-order chi connectivity index (χ1) is 6.60. The van der Waals surface area contributed by atoms with Crippen LogP contribution in [0.25, 0.3) is 0 Å². The van der Waals surface area contributed by atoms with Gasteiger partial charge in [-0.2, -0.15) is 0 Å². The van der Waals surface area contributed by atoms with Gasteiger partial charge in [0.25, 0.3) is 0 Å². The predicted molar refractivity (Wildman–Crippen MR) is 51.9 cm³/mol. The number of nitrogens with one attached hydrogen (secondary N) is 1. The van der Waals surface area contributed by atoms with Crippen molar-refractivity contribution >= 4 is 6.09 Å². The summed E-state index contributed by atoms with van der Waals surface area (Å²) in [7, 11) is 0. The van der Waals surface area contributed by atoms with E-state index in [1.54, 1.807) is 0 Å². The SMILES string of the molecule is CC(C)CCNC(=O)OC(CO)CO. The fourth-order valence-corrected chi connectivity index (χ4v) is 0.788. The maximum atomic E-state index is 11.0. The summed E-state index contributed by atoms with van der Waals surface area (Å²) in [6.45, 7) is 3.91. The van der Waals surface area contributed by atoms with Gasteiger partial charge in [-0.25, -0.2) is 4.79 Å². The number of alkyl carbamates (subject to hydrolysis) is 1. The van der Waals surface area contributed by atoms with Crippen LogP contribution in [-0.2, 0) is 4.74 Å². The molecule has 84 valence electrons. The van der Waals surface area contributed by atoms with Crippen LogP contribution in [0.3, 0.4) is 0 Å². The van der Waals surface area contributed by atoms with Gasteiger partial charge < -0.3 is 20.3 Å². The quantitative estimate of drug-likeness (QED) is 0.575. The number of aliphatic hydroxyl groups excluding tert-OH is 2. The zero-order chi connectivity index (χ0) is 11.0. The number of ether oxygens (including phenoxy) is 1. The number of rotatable bonds is 6. The maximum absolute atomic E-state index is 11.0. The van der Waals surface area contributed by atoms with Crippen LogP contribution >= 0.6 is 0 Å². The predicted octanol–water partition coefficient (Wildman–Crippen LogP) is 0.112. The molecule has 0 aliphatic heterocycles. The summed E-state index contributed by atoms with van der Waals surface area (Å²) in [5.74, 6) is 0.516. The third-order valence-electron chi connectivity index (χ3n) is 1.67.